The molecule has 0 aliphatic carbocycles. The lowest BCUT2D eigenvalue weighted by Gasteiger charge is -2.27. The van der Waals surface area contributed by atoms with E-state index in [4.69, 9.17) is 0 Å². The van der Waals surface area contributed by atoms with Crippen molar-refractivity contribution in [2.45, 2.75) is 52.2 Å². The van der Waals surface area contributed by atoms with Crippen LogP contribution in [0.15, 0.2) is 0 Å². The molecule has 0 saturated carbocycles. The highest BCUT2D eigenvalue weighted by molar-refractivity contribution is 5.85. The van der Waals surface area contributed by atoms with Gasteiger partial charge in [-0.2, -0.15) is 0 Å². The Bertz CT molecular complexity index is 239. The van der Waals surface area contributed by atoms with Gasteiger partial charge in [-0.15, -0.1) is 12.4 Å². The predicted molar refractivity (Wildman–Crippen MR) is 71.4 cm³/mol. The molecule has 1 saturated heterocycles. The molecule has 2 unspecified atom stereocenters. The predicted octanol–water partition coefficient (Wildman–Crippen LogP) is 1.07. The van der Waals surface area contributed by atoms with Gasteiger partial charge in [-0.1, -0.05) is 13.8 Å². The topological polar surface area (TPSA) is 61.4 Å². The van der Waals surface area contributed by atoms with Gasteiger partial charge in [0.2, 0.25) is 5.91 Å². The maximum Gasteiger partial charge on any atom is 0.237 e. The summed E-state index contributed by atoms with van der Waals surface area (Å²) in [7, 11) is 0. The Morgan fingerprint density at radius 2 is 2.24 bits per heavy atom. The van der Waals surface area contributed by atoms with Gasteiger partial charge in [0.05, 0.1) is 12.1 Å². The van der Waals surface area contributed by atoms with E-state index in [1.165, 1.54) is 0 Å². The second-order valence-corrected chi connectivity index (χ2v) is 5.58. The molecule has 0 spiro atoms. The molecule has 1 heterocycles. The summed E-state index contributed by atoms with van der Waals surface area (Å²) in [5.74, 6) is 0.0937. The zero-order valence-electron chi connectivity index (χ0n) is 11.0. The molecule has 1 aliphatic rings. The second kappa shape index (κ2) is 7.19. The van der Waals surface area contributed by atoms with E-state index in [9.17, 15) is 9.90 Å². The average molecular weight is 265 g/mol. The summed E-state index contributed by atoms with van der Waals surface area (Å²) in [6.45, 7) is 7.45. The summed E-state index contributed by atoms with van der Waals surface area (Å²) in [5.41, 5.74) is -0.0531. The Balaban J connectivity index is 0.00000256. The van der Waals surface area contributed by atoms with Gasteiger partial charge in [-0.25, -0.2) is 0 Å². The van der Waals surface area contributed by atoms with Gasteiger partial charge in [-0.05, 0) is 38.1 Å². The Hall–Kier alpha value is -0.320. The number of nitrogens with one attached hydrogen (secondary N) is 2. The lowest BCUT2D eigenvalue weighted by molar-refractivity contribution is -0.123. The minimum atomic E-state index is -0.323. The lowest BCUT2D eigenvalue weighted by Crippen LogP contribution is -2.44. The van der Waals surface area contributed by atoms with E-state index < -0.39 is 0 Å². The van der Waals surface area contributed by atoms with Crippen LogP contribution < -0.4 is 10.6 Å². The molecule has 0 radical (unpaired) electrons. The van der Waals surface area contributed by atoms with Crippen LogP contribution in [-0.4, -0.2) is 36.2 Å². The first-order valence-electron chi connectivity index (χ1n) is 6.10. The summed E-state index contributed by atoms with van der Waals surface area (Å²) in [6, 6.07) is -0.0117. The van der Waals surface area contributed by atoms with E-state index >= 15 is 0 Å². The molecule has 102 valence electrons. The van der Waals surface area contributed by atoms with Crippen LogP contribution in [0.1, 0.15) is 40.0 Å². The maximum atomic E-state index is 11.7. The number of rotatable bonds is 5. The van der Waals surface area contributed by atoms with Gasteiger partial charge in [0, 0.05) is 6.54 Å². The summed E-state index contributed by atoms with van der Waals surface area (Å²) < 4.78 is 0. The van der Waals surface area contributed by atoms with Crippen molar-refractivity contribution in [1.82, 2.24) is 10.6 Å². The summed E-state index contributed by atoms with van der Waals surface area (Å²) in [6.07, 6.45) is 2.39. The standard InChI is InChI=1S/C12H24N2O2.ClH/c1-9(15)7-12(2,3)8-14-11(16)10-5-4-6-13-10;/h9-10,13,15H,4-8H2,1-3H3,(H,14,16);1H. The molecular weight excluding hydrogens is 240 g/mol. The van der Waals surface area contributed by atoms with Crippen molar-refractivity contribution in [2.75, 3.05) is 13.1 Å². The number of amides is 1. The highest BCUT2D eigenvalue weighted by atomic mass is 35.5. The largest absolute Gasteiger partial charge is 0.393 e. The molecular formula is C12H25ClN2O2. The lowest BCUT2D eigenvalue weighted by atomic mass is 9.87. The number of aliphatic hydroxyl groups is 1. The van der Waals surface area contributed by atoms with Crippen LogP contribution >= 0.6 is 12.4 Å². The van der Waals surface area contributed by atoms with Gasteiger partial charge < -0.3 is 15.7 Å². The third-order valence-corrected chi connectivity index (χ3v) is 2.97. The molecule has 3 N–H and O–H groups in total. The number of aliphatic hydroxyl groups excluding tert-OH is 1. The van der Waals surface area contributed by atoms with Crippen molar-refractivity contribution in [3.8, 4) is 0 Å². The van der Waals surface area contributed by atoms with Crippen LogP contribution in [0.4, 0.5) is 0 Å². The third-order valence-electron chi connectivity index (χ3n) is 2.97. The minimum Gasteiger partial charge on any atom is -0.393 e. The number of hydrogen-bond acceptors (Lipinski definition) is 3. The Morgan fingerprint density at radius 1 is 1.59 bits per heavy atom. The molecule has 17 heavy (non-hydrogen) atoms. The molecule has 1 rings (SSSR count). The van der Waals surface area contributed by atoms with E-state index in [1.807, 2.05) is 0 Å². The zero-order valence-corrected chi connectivity index (χ0v) is 11.8. The molecule has 4 nitrogen and oxygen atoms in total. The first kappa shape index (κ1) is 16.7. The van der Waals surface area contributed by atoms with Crippen molar-refractivity contribution >= 4 is 18.3 Å². The van der Waals surface area contributed by atoms with Crippen LogP contribution in [0.3, 0.4) is 0 Å². The van der Waals surface area contributed by atoms with Crippen LogP contribution in [0.2, 0.25) is 0 Å². The molecule has 1 fully saturated rings. The van der Waals surface area contributed by atoms with Gasteiger partial charge in [0.1, 0.15) is 0 Å². The summed E-state index contributed by atoms with van der Waals surface area (Å²) in [4.78, 5) is 11.7. The number of carbonyl (C=O) groups is 1. The van der Waals surface area contributed by atoms with Crippen LogP contribution in [0.25, 0.3) is 0 Å². The van der Waals surface area contributed by atoms with Gasteiger partial charge >= 0.3 is 0 Å². The van der Waals surface area contributed by atoms with Crippen molar-refractivity contribution in [3.05, 3.63) is 0 Å². The van der Waals surface area contributed by atoms with Crippen LogP contribution in [0.5, 0.6) is 0 Å². The number of hydrogen-bond donors (Lipinski definition) is 3. The normalized spacial score (nSPS) is 21.8. The molecule has 0 aromatic carbocycles. The van der Waals surface area contributed by atoms with Gasteiger partial charge in [0.15, 0.2) is 0 Å². The summed E-state index contributed by atoms with van der Waals surface area (Å²) in [5, 5.41) is 15.5. The fourth-order valence-electron chi connectivity index (χ4n) is 2.23. The van der Waals surface area contributed by atoms with Crippen molar-refractivity contribution in [3.63, 3.8) is 0 Å². The smallest absolute Gasteiger partial charge is 0.237 e. The van der Waals surface area contributed by atoms with E-state index in [-0.39, 0.29) is 35.9 Å². The minimum absolute atomic E-state index is 0. The number of halogens is 1. The maximum absolute atomic E-state index is 11.7. The highest BCUT2D eigenvalue weighted by Gasteiger charge is 2.25. The fourth-order valence-corrected chi connectivity index (χ4v) is 2.23. The van der Waals surface area contributed by atoms with Crippen molar-refractivity contribution < 1.29 is 9.90 Å². The van der Waals surface area contributed by atoms with Crippen LogP contribution in [0, 0.1) is 5.41 Å². The van der Waals surface area contributed by atoms with E-state index in [2.05, 4.69) is 24.5 Å². The molecule has 0 bridgehead atoms. The molecule has 5 heteroatoms. The quantitative estimate of drug-likeness (QED) is 0.696. The first-order chi connectivity index (χ1) is 7.41. The average Bonchev–Trinajstić information content (AvgIpc) is 2.64. The summed E-state index contributed by atoms with van der Waals surface area (Å²) >= 11 is 0. The SMILES string of the molecule is CC(O)CC(C)(C)CNC(=O)C1CCCN1.Cl. The van der Waals surface area contributed by atoms with Crippen molar-refractivity contribution in [2.24, 2.45) is 5.41 Å². The Morgan fingerprint density at radius 3 is 2.71 bits per heavy atom. The molecule has 1 amide bonds. The van der Waals surface area contributed by atoms with E-state index in [1.54, 1.807) is 6.92 Å². The third kappa shape index (κ3) is 6.24. The highest BCUT2D eigenvalue weighted by Crippen LogP contribution is 2.21. The Kier molecular flexibility index (Phi) is 7.05. The molecule has 2 atom stereocenters. The number of carbonyl (C=O) groups excluding carboxylic acids is 1. The fraction of sp³-hybridized carbons (Fsp3) is 0.917. The second-order valence-electron chi connectivity index (χ2n) is 5.58. The van der Waals surface area contributed by atoms with Gasteiger partial charge in [-0.3, -0.25) is 4.79 Å². The van der Waals surface area contributed by atoms with E-state index in [0.29, 0.717) is 13.0 Å². The van der Waals surface area contributed by atoms with E-state index in [0.717, 1.165) is 19.4 Å². The monoisotopic (exact) mass is 264 g/mol. The zero-order chi connectivity index (χ0) is 12.2. The van der Waals surface area contributed by atoms with Crippen molar-refractivity contribution in [1.29, 1.82) is 0 Å². The Labute approximate surface area is 110 Å². The molecule has 0 aromatic rings. The van der Waals surface area contributed by atoms with Crippen LogP contribution in [-0.2, 0) is 4.79 Å². The first-order valence-corrected chi connectivity index (χ1v) is 6.10. The molecule has 0 aromatic heterocycles. The van der Waals surface area contributed by atoms with Gasteiger partial charge in [0.25, 0.3) is 0 Å². The molecule has 1 aliphatic heterocycles.